The Labute approximate surface area is 236 Å². The number of amides is 1. The molecule has 0 spiro atoms. The van der Waals surface area contributed by atoms with Gasteiger partial charge in [0, 0.05) is 75.7 Å². The molecule has 3 saturated heterocycles. The number of nitrogens with one attached hydrogen (secondary N) is 1. The number of carbonyl (C=O) groups is 1. The lowest BCUT2D eigenvalue weighted by Crippen LogP contribution is -2.52. The highest BCUT2D eigenvalue weighted by molar-refractivity contribution is 7.80. The van der Waals surface area contributed by atoms with Gasteiger partial charge in [-0.3, -0.25) is 30.3 Å². The monoisotopic (exact) mass is 569 g/mol. The summed E-state index contributed by atoms with van der Waals surface area (Å²) in [6, 6.07) is 9.71. The van der Waals surface area contributed by atoms with Crippen LogP contribution in [0.4, 0.5) is 28.4 Å². The summed E-state index contributed by atoms with van der Waals surface area (Å²) in [6.07, 6.45) is 1.97. The summed E-state index contributed by atoms with van der Waals surface area (Å²) in [5, 5.41) is 26.3. The van der Waals surface area contributed by atoms with E-state index in [0.717, 1.165) is 31.6 Å². The number of nitrogens with zero attached hydrogens (tertiary/aromatic N) is 6. The van der Waals surface area contributed by atoms with Crippen LogP contribution in [0.3, 0.4) is 0 Å². The number of anilines is 3. The number of carbonyl (C=O) groups excluding carboxylic acids is 1. The minimum atomic E-state index is -0.492. The van der Waals surface area contributed by atoms with Crippen molar-refractivity contribution in [2.75, 3.05) is 80.3 Å². The molecule has 2 aromatic rings. The maximum Gasteiger partial charge on any atom is 0.293 e. The topological polar surface area (TPSA) is 138 Å². The number of hydrogen-bond acceptors (Lipinski definition) is 10. The number of benzene rings is 2. The van der Waals surface area contributed by atoms with Crippen LogP contribution in [0.25, 0.3) is 0 Å². The molecule has 1 N–H and O–H groups in total. The van der Waals surface area contributed by atoms with Crippen LogP contribution in [-0.2, 0) is 4.74 Å². The molecule has 5 rings (SSSR count). The van der Waals surface area contributed by atoms with Crippen LogP contribution in [0.2, 0.25) is 0 Å². The van der Waals surface area contributed by atoms with Crippen LogP contribution in [0.1, 0.15) is 23.2 Å². The van der Waals surface area contributed by atoms with Crippen molar-refractivity contribution < 1.29 is 19.4 Å². The summed E-state index contributed by atoms with van der Waals surface area (Å²) in [5.74, 6) is -0.492. The molecule has 14 heteroatoms. The molecule has 0 saturated carbocycles. The normalized spacial score (nSPS) is 17.6. The highest BCUT2D eigenvalue weighted by Gasteiger charge is 2.27. The second kappa shape index (κ2) is 12.0. The van der Waals surface area contributed by atoms with Gasteiger partial charge in [-0.1, -0.05) is 0 Å². The summed E-state index contributed by atoms with van der Waals surface area (Å²) in [4.78, 5) is 43.4. The molecule has 13 nitrogen and oxygen atoms in total. The van der Waals surface area contributed by atoms with E-state index in [2.05, 4.69) is 10.2 Å². The van der Waals surface area contributed by atoms with Crippen molar-refractivity contribution in [2.24, 2.45) is 0 Å². The molecule has 2 aromatic carbocycles. The zero-order chi connectivity index (χ0) is 28.2. The molecule has 0 aliphatic carbocycles. The van der Waals surface area contributed by atoms with Gasteiger partial charge in [-0.15, -0.1) is 0 Å². The molecule has 0 atom stereocenters. The first-order chi connectivity index (χ1) is 19.3. The zero-order valence-corrected chi connectivity index (χ0v) is 22.8. The highest BCUT2D eigenvalue weighted by atomic mass is 32.1. The van der Waals surface area contributed by atoms with E-state index in [1.165, 1.54) is 6.07 Å². The van der Waals surface area contributed by atoms with E-state index in [-0.39, 0.29) is 27.0 Å². The van der Waals surface area contributed by atoms with Gasteiger partial charge in [0.15, 0.2) is 5.11 Å². The predicted octanol–water partition coefficient (Wildman–Crippen LogP) is 2.78. The first kappa shape index (κ1) is 27.5. The fourth-order valence-corrected chi connectivity index (χ4v) is 5.65. The van der Waals surface area contributed by atoms with Crippen LogP contribution >= 0.6 is 12.2 Å². The minimum Gasteiger partial charge on any atom is -0.378 e. The molecular formula is C26H31N7O6S. The number of thiocarbonyl (C=S) groups is 1. The standard InChI is InChI=1S/C26H31N7O6S/c34-25(19-3-5-21(24(17-19)33(37)38)29-7-1-2-8-29)27-26(40)31-11-9-28(10-12-31)20-4-6-22(32(35)36)23(18-20)30-13-15-39-16-14-30/h3-6,17-18H,1-2,7-16H2,(H,27,34,40). The fourth-order valence-electron chi connectivity index (χ4n) is 5.37. The molecule has 3 heterocycles. The number of nitro benzene ring substituents is 2. The van der Waals surface area contributed by atoms with Crippen LogP contribution in [0, 0.1) is 20.2 Å². The minimum absolute atomic E-state index is 0.0712. The number of morpholine rings is 1. The third kappa shape index (κ3) is 5.92. The lowest BCUT2D eigenvalue weighted by Gasteiger charge is -2.37. The lowest BCUT2D eigenvalue weighted by atomic mass is 10.1. The molecule has 40 heavy (non-hydrogen) atoms. The molecule has 0 radical (unpaired) electrons. The molecule has 3 aliphatic heterocycles. The van der Waals surface area contributed by atoms with E-state index >= 15 is 0 Å². The summed E-state index contributed by atoms with van der Waals surface area (Å²) in [5.41, 5.74) is 2.15. The highest BCUT2D eigenvalue weighted by Crippen LogP contribution is 2.34. The van der Waals surface area contributed by atoms with E-state index < -0.39 is 10.8 Å². The smallest absolute Gasteiger partial charge is 0.293 e. The molecule has 0 unspecified atom stereocenters. The molecule has 1 amide bonds. The Morgan fingerprint density at radius 1 is 0.775 bits per heavy atom. The summed E-state index contributed by atoms with van der Waals surface area (Å²) in [6.45, 7) is 6.05. The van der Waals surface area contributed by atoms with Gasteiger partial charge in [0.2, 0.25) is 0 Å². The Kier molecular flexibility index (Phi) is 8.26. The average molecular weight is 570 g/mol. The Morgan fingerprint density at radius 3 is 2.08 bits per heavy atom. The van der Waals surface area contributed by atoms with Crippen molar-refractivity contribution in [3.63, 3.8) is 0 Å². The van der Waals surface area contributed by atoms with E-state index in [1.807, 2.05) is 20.8 Å². The molecule has 0 aromatic heterocycles. The van der Waals surface area contributed by atoms with Gasteiger partial charge >= 0.3 is 0 Å². The fraction of sp³-hybridized carbons (Fsp3) is 0.462. The zero-order valence-electron chi connectivity index (χ0n) is 22.0. The molecule has 3 aliphatic rings. The number of hydrogen-bond donors (Lipinski definition) is 1. The van der Waals surface area contributed by atoms with Gasteiger partial charge < -0.3 is 24.3 Å². The Balaban J connectivity index is 1.21. The van der Waals surface area contributed by atoms with Gasteiger partial charge in [0.1, 0.15) is 11.4 Å². The Morgan fingerprint density at radius 2 is 1.43 bits per heavy atom. The van der Waals surface area contributed by atoms with Gasteiger partial charge in [0.25, 0.3) is 17.3 Å². The summed E-state index contributed by atoms with van der Waals surface area (Å²) < 4.78 is 5.40. The van der Waals surface area contributed by atoms with Crippen molar-refractivity contribution in [3.8, 4) is 0 Å². The quantitative estimate of drug-likeness (QED) is 0.312. The lowest BCUT2D eigenvalue weighted by molar-refractivity contribution is -0.384. The first-order valence-corrected chi connectivity index (χ1v) is 13.7. The molecule has 3 fully saturated rings. The number of nitro groups is 2. The SMILES string of the molecule is O=C(NC(=S)N1CCN(c2ccc([N+](=O)[O-])c(N3CCOCC3)c2)CC1)c1ccc(N2CCCC2)c([N+](=O)[O-])c1. The van der Waals surface area contributed by atoms with Gasteiger partial charge in [-0.25, -0.2) is 0 Å². The van der Waals surface area contributed by atoms with E-state index in [9.17, 15) is 25.0 Å². The Bertz CT molecular complexity index is 1300. The van der Waals surface area contributed by atoms with Crippen LogP contribution in [0.5, 0.6) is 0 Å². The molecule has 212 valence electrons. The predicted molar refractivity (Wildman–Crippen MR) is 155 cm³/mol. The maximum absolute atomic E-state index is 12.9. The molecular weight excluding hydrogens is 538 g/mol. The van der Waals surface area contributed by atoms with Crippen LogP contribution in [-0.4, -0.2) is 91.3 Å². The second-order valence-electron chi connectivity index (χ2n) is 9.92. The van der Waals surface area contributed by atoms with E-state index in [1.54, 1.807) is 24.3 Å². The van der Waals surface area contributed by atoms with Crippen LogP contribution in [0.15, 0.2) is 36.4 Å². The van der Waals surface area contributed by atoms with Crippen LogP contribution < -0.4 is 20.0 Å². The van der Waals surface area contributed by atoms with E-state index in [4.69, 9.17) is 17.0 Å². The van der Waals surface area contributed by atoms with E-state index in [0.29, 0.717) is 63.9 Å². The Hall–Kier alpha value is -4.04. The average Bonchev–Trinajstić information content (AvgIpc) is 3.52. The number of piperazine rings is 1. The molecule has 0 bridgehead atoms. The van der Waals surface area contributed by atoms with Gasteiger partial charge in [0.05, 0.1) is 23.1 Å². The van der Waals surface area contributed by atoms with Gasteiger partial charge in [-0.05, 0) is 49.3 Å². The van der Waals surface area contributed by atoms with Crippen molar-refractivity contribution in [2.45, 2.75) is 12.8 Å². The summed E-state index contributed by atoms with van der Waals surface area (Å²) in [7, 11) is 0. The second-order valence-corrected chi connectivity index (χ2v) is 10.3. The third-order valence-corrected chi connectivity index (χ3v) is 7.90. The summed E-state index contributed by atoms with van der Waals surface area (Å²) >= 11 is 5.49. The van der Waals surface area contributed by atoms with Crippen molar-refractivity contribution >= 4 is 51.7 Å². The number of ether oxygens (including phenoxy) is 1. The van der Waals surface area contributed by atoms with Crippen molar-refractivity contribution in [1.82, 2.24) is 10.2 Å². The maximum atomic E-state index is 12.9. The third-order valence-electron chi connectivity index (χ3n) is 7.54. The van der Waals surface area contributed by atoms with Crippen molar-refractivity contribution in [3.05, 3.63) is 62.2 Å². The van der Waals surface area contributed by atoms with Gasteiger partial charge in [-0.2, -0.15) is 0 Å². The largest absolute Gasteiger partial charge is 0.378 e. The number of rotatable bonds is 6. The van der Waals surface area contributed by atoms with Crippen molar-refractivity contribution in [1.29, 1.82) is 0 Å². The first-order valence-electron chi connectivity index (χ1n) is 13.3.